The number of benzene rings is 8. The number of rotatable bonds is 6. The zero-order chi connectivity index (χ0) is 37.1. The Bertz CT molecular complexity index is 2720. The first-order valence-corrected chi connectivity index (χ1v) is 21.9. The molecule has 1 unspecified atom stereocenters. The molecule has 1 heterocycles. The van der Waals surface area contributed by atoms with Gasteiger partial charge in [0.15, 0.2) is 7.14 Å². The van der Waals surface area contributed by atoms with E-state index in [1.54, 1.807) is 0 Å². The zero-order valence-corrected chi connectivity index (χ0v) is 32.6. The monoisotopic (exact) mass is 743 g/mol. The van der Waals surface area contributed by atoms with E-state index in [4.69, 9.17) is 0 Å². The summed E-state index contributed by atoms with van der Waals surface area (Å²) in [6.45, 7) is 4.74. The van der Waals surface area contributed by atoms with Crippen molar-refractivity contribution in [3.05, 3.63) is 211 Å². The molecule has 1 atom stereocenters. The Morgan fingerprint density at radius 2 is 1.07 bits per heavy atom. The van der Waals surface area contributed by atoms with Gasteiger partial charge in [-0.15, -0.1) is 0 Å². The number of hydrogen-bond donors (Lipinski definition) is 0. The van der Waals surface area contributed by atoms with E-state index in [1.807, 2.05) is 66.7 Å². The maximum atomic E-state index is 15.4. The molecular formula is C51H39NOP2. The van der Waals surface area contributed by atoms with E-state index in [2.05, 4.69) is 152 Å². The Morgan fingerprint density at radius 1 is 0.491 bits per heavy atom. The number of para-hydroxylation sites is 1. The van der Waals surface area contributed by atoms with Crippen LogP contribution in [0.1, 0.15) is 25.0 Å². The lowest BCUT2D eigenvalue weighted by atomic mass is 9.82. The molecule has 1 aliphatic heterocycles. The first kappa shape index (κ1) is 33.8. The maximum Gasteiger partial charge on any atom is 0.171 e. The minimum absolute atomic E-state index is 0.107. The molecule has 0 fully saturated rings. The number of hydrogen-bond acceptors (Lipinski definition) is 2. The van der Waals surface area contributed by atoms with Gasteiger partial charge in [0.1, 0.15) is 0 Å². The molecule has 0 radical (unpaired) electrons. The quantitative estimate of drug-likeness (QED) is 0.158. The van der Waals surface area contributed by atoms with Crippen molar-refractivity contribution in [2.45, 2.75) is 19.3 Å². The maximum absolute atomic E-state index is 15.4. The molecule has 1 aliphatic carbocycles. The lowest BCUT2D eigenvalue weighted by molar-refractivity contribution is 0.592. The van der Waals surface area contributed by atoms with Crippen LogP contribution in [-0.4, -0.2) is 0 Å². The number of fused-ring (bicyclic) bond motifs is 6. The summed E-state index contributed by atoms with van der Waals surface area (Å²) in [6, 6.07) is 70.9. The average molecular weight is 744 g/mol. The Morgan fingerprint density at radius 3 is 1.76 bits per heavy atom. The number of anilines is 3. The van der Waals surface area contributed by atoms with Gasteiger partial charge in [0.2, 0.25) is 0 Å². The van der Waals surface area contributed by atoms with Crippen LogP contribution in [0.2, 0.25) is 0 Å². The van der Waals surface area contributed by atoms with Crippen LogP contribution >= 0.6 is 15.1 Å². The van der Waals surface area contributed by atoms with Gasteiger partial charge in [0.25, 0.3) is 0 Å². The van der Waals surface area contributed by atoms with E-state index in [0.29, 0.717) is 0 Å². The Hall–Kier alpha value is -5.78. The molecule has 2 nitrogen and oxygen atoms in total. The second-order valence-electron chi connectivity index (χ2n) is 14.9. The molecule has 10 rings (SSSR count). The Kier molecular flexibility index (Phi) is 8.11. The van der Waals surface area contributed by atoms with Crippen molar-refractivity contribution >= 4 is 64.0 Å². The summed E-state index contributed by atoms with van der Waals surface area (Å²) in [7, 11) is -4.09. The first-order valence-electron chi connectivity index (χ1n) is 18.9. The van der Waals surface area contributed by atoms with Gasteiger partial charge in [-0.3, -0.25) is 0 Å². The van der Waals surface area contributed by atoms with Crippen LogP contribution in [0.3, 0.4) is 0 Å². The summed E-state index contributed by atoms with van der Waals surface area (Å²) in [4.78, 5) is 2.48. The van der Waals surface area contributed by atoms with Crippen molar-refractivity contribution in [3.8, 4) is 22.3 Å². The average Bonchev–Trinajstić information content (AvgIpc) is 3.49. The Balaban J connectivity index is 1.21. The summed E-state index contributed by atoms with van der Waals surface area (Å²) in [5.41, 5.74) is 11.1. The summed E-state index contributed by atoms with van der Waals surface area (Å²) >= 11 is 0. The van der Waals surface area contributed by atoms with E-state index in [9.17, 15) is 0 Å². The van der Waals surface area contributed by atoms with Crippen molar-refractivity contribution in [3.63, 3.8) is 0 Å². The number of nitrogens with zero attached hydrogens (tertiary/aromatic N) is 1. The lowest BCUT2D eigenvalue weighted by Gasteiger charge is -2.40. The first-order chi connectivity index (χ1) is 26.9. The van der Waals surface area contributed by atoms with Crippen molar-refractivity contribution in [2.75, 3.05) is 4.90 Å². The third-order valence-electron chi connectivity index (χ3n) is 11.4. The van der Waals surface area contributed by atoms with E-state index in [0.717, 1.165) is 32.7 Å². The molecule has 8 aromatic carbocycles. The smallest absolute Gasteiger partial charge is 0.171 e. The van der Waals surface area contributed by atoms with Crippen molar-refractivity contribution in [1.29, 1.82) is 0 Å². The van der Waals surface area contributed by atoms with Gasteiger partial charge < -0.3 is 9.46 Å². The van der Waals surface area contributed by atoms with Gasteiger partial charge >= 0.3 is 0 Å². The van der Waals surface area contributed by atoms with Gasteiger partial charge in [-0.1, -0.05) is 184 Å². The van der Waals surface area contributed by atoms with Crippen LogP contribution in [-0.2, 0) is 9.98 Å². The molecule has 0 spiro atoms. The highest BCUT2D eigenvalue weighted by Gasteiger charge is 2.42. The highest BCUT2D eigenvalue weighted by atomic mass is 31.2. The minimum Gasteiger partial charge on any atom is -0.309 e. The van der Waals surface area contributed by atoms with E-state index < -0.39 is 15.1 Å². The predicted octanol–water partition coefficient (Wildman–Crippen LogP) is 10.8. The zero-order valence-electron chi connectivity index (χ0n) is 30.8. The lowest BCUT2D eigenvalue weighted by Crippen LogP contribution is -2.35. The van der Waals surface area contributed by atoms with E-state index in [-0.39, 0.29) is 5.41 Å². The molecule has 0 saturated heterocycles. The topological polar surface area (TPSA) is 20.3 Å². The molecule has 2 aliphatic rings. The largest absolute Gasteiger partial charge is 0.309 e. The van der Waals surface area contributed by atoms with Crippen LogP contribution in [0.5, 0.6) is 0 Å². The fourth-order valence-electron chi connectivity index (χ4n) is 8.80. The van der Waals surface area contributed by atoms with Crippen LogP contribution < -0.4 is 36.7 Å². The summed E-state index contributed by atoms with van der Waals surface area (Å²) in [5.74, 6) is 0. The fourth-order valence-corrected chi connectivity index (χ4v) is 14.2. The molecule has 55 heavy (non-hydrogen) atoms. The summed E-state index contributed by atoms with van der Waals surface area (Å²) < 4.78 is 15.4. The SMILES string of the molecule is CC1(C)c2ccccc2-c2c1ccc1c2P(c2ccccc2)c2ccc(-c3cccc(P(=O)(c4ccccc4)c4ccccc4)c3)cc2N1c1ccccc1. The Labute approximate surface area is 324 Å². The molecule has 264 valence electrons. The fraction of sp³-hybridized carbons (Fsp3) is 0.0588. The molecule has 0 saturated carbocycles. The third-order valence-corrected chi connectivity index (χ3v) is 17.1. The van der Waals surface area contributed by atoms with Crippen molar-refractivity contribution in [1.82, 2.24) is 0 Å². The van der Waals surface area contributed by atoms with Crippen molar-refractivity contribution in [2.24, 2.45) is 0 Å². The minimum atomic E-state index is -3.15. The summed E-state index contributed by atoms with van der Waals surface area (Å²) in [5, 5.41) is 6.57. The highest BCUT2D eigenvalue weighted by molar-refractivity contribution is 7.85. The molecule has 0 aromatic heterocycles. The molecule has 0 N–H and O–H groups in total. The second-order valence-corrected chi connectivity index (χ2v) is 19.8. The van der Waals surface area contributed by atoms with Gasteiger partial charge in [-0.25, -0.2) is 0 Å². The van der Waals surface area contributed by atoms with Gasteiger partial charge in [-0.2, -0.15) is 0 Å². The van der Waals surface area contributed by atoms with E-state index in [1.165, 1.54) is 49.5 Å². The van der Waals surface area contributed by atoms with Crippen LogP contribution in [0.4, 0.5) is 17.1 Å². The standard InChI is InChI=1S/C51H39NOP2/c1-51(2)44-29-16-15-28-43(44)49-45(51)31-32-46-50(49)54(39-21-9-4-10-22-39)48-33-30-37(35-47(48)52(46)38-19-7-3-8-20-38)36-18-17-27-42(34-36)55(53,40-23-11-5-12-24-40)41-25-13-6-14-26-41/h3-35H,1-2H3. The van der Waals surface area contributed by atoms with E-state index >= 15 is 4.57 Å². The van der Waals surface area contributed by atoms with Crippen LogP contribution in [0.25, 0.3) is 22.3 Å². The van der Waals surface area contributed by atoms with Gasteiger partial charge in [0, 0.05) is 37.6 Å². The van der Waals surface area contributed by atoms with Gasteiger partial charge in [-0.05, 0) is 76.9 Å². The van der Waals surface area contributed by atoms with Crippen LogP contribution in [0.15, 0.2) is 200 Å². The second kappa shape index (κ2) is 13.2. The molecule has 4 heteroatoms. The highest BCUT2D eigenvalue weighted by Crippen LogP contribution is 2.57. The third kappa shape index (κ3) is 5.31. The van der Waals surface area contributed by atoms with Crippen LogP contribution in [0, 0.1) is 0 Å². The van der Waals surface area contributed by atoms with Crippen molar-refractivity contribution < 1.29 is 4.57 Å². The predicted molar refractivity (Wildman–Crippen MR) is 236 cm³/mol. The normalized spacial score (nSPS) is 15.1. The summed E-state index contributed by atoms with van der Waals surface area (Å²) in [6.07, 6.45) is 0. The molecule has 0 amide bonds. The molecule has 8 aromatic rings. The van der Waals surface area contributed by atoms with Gasteiger partial charge in [0.05, 0.1) is 11.4 Å². The molecular weight excluding hydrogens is 705 g/mol. The molecule has 0 bridgehead atoms.